The van der Waals surface area contributed by atoms with Crippen LogP contribution in [0.5, 0.6) is 0 Å². The molecule has 0 heterocycles. The van der Waals surface area contributed by atoms with Gasteiger partial charge in [-0.05, 0) is 0 Å². The molecule has 2 rings (SSSR count). The van der Waals surface area contributed by atoms with E-state index in [0.29, 0.717) is 0 Å². The maximum atomic E-state index is 11.7. The Morgan fingerprint density at radius 2 is 1.10 bits per heavy atom. The number of hydrogen-bond acceptors (Lipinski definition) is 12. The monoisotopic (exact) mass is 434 g/mol. The fourth-order valence-electron chi connectivity index (χ4n) is 4.21. The predicted molar refractivity (Wildman–Crippen MR) is 93.4 cm³/mol. The third-order valence-electron chi connectivity index (χ3n) is 5.34. The van der Waals surface area contributed by atoms with Gasteiger partial charge in [0, 0.05) is 40.5 Å². The minimum atomic E-state index is -2.58. The van der Waals surface area contributed by atoms with E-state index in [1.54, 1.807) is 0 Å². The van der Waals surface area contributed by atoms with Crippen LogP contribution in [0, 0.1) is 0 Å². The second-order valence-corrected chi connectivity index (χ2v) is 7.59. The third kappa shape index (κ3) is 4.26. The molecular formula is C18H26O12. The quantitative estimate of drug-likeness (QED) is 0.274. The summed E-state index contributed by atoms with van der Waals surface area (Å²) in [7, 11) is 0. The lowest BCUT2D eigenvalue weighted by Gasteiger charge is -2.60. The van der Waals surface area contributed by atoms with Gasteiger partial charge in [0.25, 0.3) is 0 Å². The molecule has 12 nitrogen and oxygen atoms in total. The fourth-order valence-corrected chi connectivity index (χ4v) is 4.21. The number of fused-ring (bicyclic) bond motifs is 1. The van der Waals surface area contributed by atoms with Crippen molar-refractivity contribution in [3.05, 3.63) is 0 Å². The predicted octanol–water partition coefficient (Wildman–Crippen LogP) is -2.30. The summed E-state index contributed by atoms with van der Waals surface area (Å²) in [5, 5.41) is 43.8. The van der Waals surface area contributed by atoms with Crippen molar-refractivity contribution >= 4 is 23.9 Å². The number of hydrogen-bond donors (Lipinski definition) is 4. The van der Waals surface area contributed by atoms with E-state index in [0.717, 1.165) is 27.7 Å². The van der Waals surface area contributed by atoms with Crippen molar-refractivity contribution in [3.8, 4) is 0 Å². The maximum absolute atomic E-state index is 11.7. The molecule has 0 radical (unpaired) electrons. The molecule has 2 aliphatic carbocycles. The van der Waals surface area contributed by atoms with Crippen LogP contribution in [0.1, 0.15) is 40.5 Å². The SMILES string of the molecule is CC(=O)O[C@@H]1[C@@H](O)[C@@H](O)[C@]2(O)C[C@@H](OC(C)=O)[C@@H](OC(C)=O)C[C@@]2(O)[C@@H]1OC(C)=O. The van der Waals surface area contributed by atoms with E-state index in [2.05, 4.69) is 0 Å². The Balaban J connectivity index is 2.58. The van der Waals surface area contributed by atoms with E-state index >= 15 is 0 Å². The van der Waals surface area contributed by atoms with Gasteiger partial charge in [-0.2, -0.15) is 0 Å². The first-order valence-corrected chi connectivity index (χ1v) is 9.22. The number of rotatable bonds is 4. The first-order valence-electron chi connectivity index (χ1n) is 9.22. The summed E-state index contributed by atoms with van der Waals surface area (Å²) in [5.74, 6) is -3.43. The maximum Gasteiger partial charge on any atom is 0.303 e. The summed E-state index contributed by atoms with van der Waals surface area (Å²) < 4.78 is 20.2. The fraction of sp³-hybridized carbons (Fsp3) is 0.778. The van der Waals surface area contributed by atoms with Crippen molar-refractivity contribution in [3.63, 3.8) is 0 Å². The van der Waals surface area contributed by atoms with Gasteiger partial charge in [-0.15, -0.1) is 0 Å². The Morgan fingerprint density at radius 1 is 0.700 bits per heavy atom. The van der Waals surface area contributed by atoms with Gasteiger partial charge in [-0.3, -0.25) is 19.2 Å². The standard InChI is InChI=1S/C18H26O12/c1-7(19)27-11-5-17(25)15(24)13(23)14(29-9(3)21)16(30-10(4)22)18(17,26)6-12(11)28-8(2)20/h11-16,23-26H,5-6H2,1-4H3/t11-,12+,13-,14-,15-,16-,17-,18-/m1/s1. The molecule has 2 saturated carbocycles. The van der Waals surface area contributed by atoms with E-state index in [4.69, 9.17) is 18.9 Å². The summed E-state index contributed by atoms with van der Waals surface area (Å²) in [4.78, 5) is 46.2. The Labute approximate surface area is 171 Å². The molecule has 30 heavy (non-hydrogen) atoms. The van der Waals surface area contributed by atoms with E-state index in [1.165, 1.54) is 0 Å². The Morgan fingerprint density at radius 3 is 1.50 bits per heavy atom. The van der Waals surface area contributed by atoms with Crippen molar-refractivity contribution < 1.29 is 58.6 Å². The van der Waals surface area contributed by atoms with Gasteiger partial charge in [-0.1, -0.05) is 0 Å². The molecule has 12 heteroatoms. The number of aliphatic hydroxyl groups excluding tert-OH is 2. The molecule has 2 aliphatic rings. The Hall–Kier alpha value is -2.28. The Kier molecular flexibility index (Phi) is 6.76. The van der Waals surface area contributed by atoms with Gasteiger partial charge in [0.15, 0.2) is 12.2 Å². The molecule has 0 unspecified atom stereocenters. The van der Waals surface area contributed by atoms with Gasteiger partial charge in [0.2, 0.25) is 0 Å². The van der Waals surface area contributed by atoms with Gasteiger partial charge in [-0.25, -0.2) is 0 Å². The molecule has 170 valence electrons. The molecule has 0 saturated heterocycles. The minimum absolute atomic E-state index is 0.666. The lowest BCUT2D eigenvalue weighted by Crippen LogP contribution is -2.81. The second-order valence-electron chi connectivity index (χ2n) is 7.59. The van der Waals surface area contributed by atoms with Crippen LogP contribution in [0.25, 0.3) is 0 Å². The zero-order valence-corrected chi connectivity index (χ0v) is 16.9. The van der Waals surface area contributed by atoms with E-state index < -0.39 is 84.5 Å². The zero-order valence-electron chi connectivity index (χ0n) is 16.9. The molecule has 0 amide bonds. The molecular weight excluding hydrogens is 408 g/mol. The molecule has 2 fully saturated rings. The lowest BCUT2D eigenvalue weighted by atomic mass is 9.58. The number of esters is 4. The summed E-state index contributed by atoms with van der Waals surface area (Å²) in [5.41, 5.74) is -5.13. The summed E-state index contributed by atoms with van der Waals surface area (Å²) in [6, 6.07) is 0. The average Bonchev–Trinajstić information content (AvgIpc) is 2.58. The third-order valence-corrected chi connectivity index (χ3v) is 5.34. The average molecular weight is 434 g/mol. The smallest absolute Gasteiger partial charge is 0.303 e. The van der Waals surface area contributed by atoms with Crippen molar-refractivity contribution in [2.75, 3.05) is 0 Å². The number of ether oxygens (including phenoxy) is 4. The molecule has 8 atom stereocenters. The van der Waals surface area contributed by atoms with Crippen LogP contribution in [0.3, 0.4) is 0 Å². The van der Waals surface area contributed by atoms with E-state index in [9.17, 15) is 39.6 Å². The highest BCUT2D eigenvalue weighted by Crippen LogP contribution is 2.50. The first kappa shape index (κ1) is 24.0. The van der Waals surface area contributed by atoms with Crippen LogP contribution in [0.2, 0.25) is 0 Å². The van der Waals surface area contributed by atoms with Gasteiger partial charge >= 0.3 is 23.9 Å². The lowest BCUT2D eigenvalue weighted by molar-refractivity contribution is -0.343. The first-order chi connectivity index (χ1) is 13.7. The zero-order chi connectivity index (χ0) is 23.0. The van der Waals surface area contributed by atoms with E-state index in [1.807, 2.05) is 0 Å². The Bertz CT molecular complexity index is 722. The molecule has 0 aromatic rings. The van der Waals surface area contributed by atoms with Crippen molar-refractivity contribution in [1.82, 2.24) is 0 Å². The van der Waals surface area contributed by atoms with E-state index in [-0.39, 0.29) is 0 Å². The largest absolute Gasteiger partial charge is 0.458 e. The topological polar surface area (TPSA) is 186 Å². The molecule has 0 aromatic carbocycles. The summed E-state index contributed by atoms with van der Waals surface area (Å²) in [6.45, 7) is 4.12. The van der Waals surface area contributed by atoms with Crippen molar-refractivity contribution in [2.24, 2.45) is 0 Å². The summed E-state index contributed by atoms with van der Waals surface area (Å²) >= 11 is 0. The molecule has 0 aromatic heterocycles. The van der Waals surface area contributed by atoms with Crippen LogP contribution >= 0.6 is 0 Å². The summed E-state index contributed by atoms with van der Waals surface area (Å²) in [6.07, 6.45) is -11.6. The van der Waals surface area contributed by atoms with Crippen molar-refractivity contribution in [2.45, 2.75) is 88.4 Å². The number of aliphatic hydroxyl groups is 4. The highest BCUT2D eigenvalue weighted by Gasteiger charge is 2.73. The highest BCUT2D eigenvalue weighted by atomic mass is 16.6. The molecule has 0 spiro atoms. The molecule has 4 N–H and O–H groups in total. The van der Waals surface area contributed by atoms with Crippen molar-refractivity contribution in [1.29, 1.82) is 0 Å². The molecule has 0 bridgehead atoms. The normalized spacial score (nSPS) is 40.5. The van der Waals surface area contributed by atoms with Crippen LogP contribution < -0.4 is 0 Å². The second kappa shape index (κ2) is 8.46. The van der Waals surface area contributed by atoms with Crippen LogP contribution in [0.15, 0.2) is 0 Å². The number of carbonyl (C=O) groups is 4. The molecule has 0 aliphatic heterocycles. The van der Waals surface area contributed by atoms with Crippen LogP contribution in [-0.4, -0.2) is 92.1 Å². The highest BCUT2D eigenvalue weighted by molar-refractivity contribution is 5.68. The van der Waals surface area contributed by atoms with Crippen LogP contribution in [0.4, 0.5) is 0 Å². The van der Waals surface area contributed by atoms with Gasteiger partial charge < -0.3 is 39.4 Å². The minimum Gasteiger partial charge on any atom is -0.458 e. The van der Waals surface area contributed by atoms with Gasteiger partial charge in [0.1, 0.15) is 35.6 Å². The van der Waals surface area contributed by atoms with Gasteiger partial charge in [0.05, 0.1) is 0 Å². The van der Waals surface area contributed by atoms with Crippen LogP contribution in [-0.2, 0) is 38.1 Å². The number of carbonyl (C=O) groups excluding carboxylic acids is 4.